The third kappa shape index (κ3) is 18.4. The van der Waals surface area contributed by atoms with Gasteiger partial charge in [0, 0.05) is 56.1 Å². The number of imidazole rings is 2. The molecular weight excluding hydrogens is 977 g/mol. The van der Waals surface area contributed by atoms with Crippen LogP contribution in [0.1, 0.15) is 116 Å². The summed E-state index contributed by atoms with van der Waals surface area (Å²) < 4.78 is 0. The summed E-state index contributed by atoms with van der Waals surface area (Å²) in [6.07, 6.45) is 8.80. The molecule has 27 heteroatoms. The Kier molecular flexibility index (Phi) is 24.5. The van der Waals surface area contributed by atoms with Crippen LogP contribution in [-0.2, 0) is 60.8 Å². The van der Waals surface area contributed by atoms with E-state index >= 15 is 0 Å². The summed E-state index contributed by atoms with van der Waals surface area (Å²) in [5, 5.41) is 26.0. The number of carboxylic acids is 1. The van der Waals surface area contributed by atoms with E-state index in [4.69, 9.17) is 22.9 Å². The van der Waals surface area contributed by atoms with Crippen LogP contribution in [0.15, 0.2) is 25.0 Å². The number of aliphatic carboxylic acids is 1. The van der Waals surface area contributed by atoms with Gasteiger partial charge < -0.3 is 79.7 Å². The molecule has 2 aromatic heterocycles. The van der Waals surface area contributed by atoms with Gasteiger partial charge in [0.25, 0.3) is 0 Å². The minimum absolute atomic E-state index is 0.0584. The number of nitrogens with zero attached hydrogens (tertiary/aromatic N) is 4. The zero-order valence-electron chi connectivity index (χ0n) is 43.1. The normalized spacial score (nSPS) is 18.5. The SMILES string of the molecule is CC[C@H](C)[C@H](NC(=O)[C@@H]1CCCN1C(=O)[C@H](Cc1cnc[nH]1)NC(=O)[C@H](CCCCN)NC(=O)[C@@H]1CCCN1C(=O)C(C)N)C(=O)N[C@@H](CCCCN)C(=O)N[C@@H](Cc1cnc[nH]1)C(=O)N[C@@H](CCC(N)=O)C(=O)O. The zero-order valence-corrected chi connectivity index (χ0v) is 43.1. The van der Waals surface area contributed by atoms with Crippen molar-refractivity contribution in [2.24, 2.45) is 28.9 Å². The maximum atomic E-state index is 14.7. The molecule has 17 N–H and O–H groups in total. The Labute approximate surface area is 435 Å². The summed E-state index contributed by atoms with van der Waals surface area (Å²) in [5.41, 5.74) is 23.5. The van der Waals surface area contributed by atoms with Crippen LogP contribution in [0.4, 0.5) is 0 Å². The Hall–Kier alpha value is -7.00. The predicted molar refractivity (Wildman–Crippen MR) is 271 cm³/mol. The van der Waals surface area contributed by atoms with E-state index in [0.29, 0.717) is 75.8 Å². The molecule has 75 heavy (non-hydrogen) atoms. The first-order chi connectivity index (χ1) is 35.8. The number of carbonyl (C=O) groups is 10. The molecule has 2 aliphatic rings. The number of nitrogens with two attached hydrogens (primary N) is 4. The summed E-state index contributed by atoms with van der Waals surface area (Å²) in [7, 11) is 0. The maximum Gasteiger partial charge on any atom is 0.326 e. The van der Waals surface area contributed by atoms with Crippen LogP contribution in [0.2, 0.25) is 0 Å². The number of hydrogen-bond acceptors (Lipinski definition) is 15. The average Bonchev–Trinajstić information content (AvgIpc) is 4.24. The van der Waals surface area contributed by atoms with Crippen molar-refractivity contribution in [2.45, 2.75) is 171 Å². The number of carboxylic acid groups (broad SMARTS) is 1. The minimum Gasteiger partial charge on any atom is -0.480 e. The highest BCUT2D eigenvalue weighted by Crippen LogP contribution is 2.22. The summed E-state index contributed by atoms with van der Waals surface area (Å²) in [6, 6.07) is -10.5. The van der Waals surface area contributed by atoms with Gasteiger partial charge in [0.05, 0.1) is 18.7 Å². The third-order valence-corrected chi connectivity index (χ3v) is 13.5. The van der Waals surface area contributed by atoms with Crippen molar-refractivity contribution in [1.29, 1.82) is 0 Å². The molecule has 0 radical (unpaired) electrons. The van der Waals surface area contributed by atoms with E-state index in [1.54, 1.807) is 13.8 Å². The fourth-order valence-corrected chi connectivity index (χ4v) is 9.07. The monoisotopic (exact) mass is 1050 g/mol. The number of carbonyl (C=O) groups excluding carboxylic acids is 9. The maximum absolute atomic E-state index is 14.7. The first-order valence-electron chi connectivity index (χ1n) is 25.8. The molecule has 0 saturated carbocycles. The molecule has 0 bridgehead atoms. The summed E-state index contributed by atoms with van der Waals surface area (Å²) >= 11 is 0. The molecule has 0 aliphatic carbocycles. The van der Waals surface area contributed by atoms with Crippen LogP contribution in [-0.4, -0.2) is 175 Å². The average molecular weight is 1060 g/mol. The quantitative estimate of drug-likeness (QED) is 0.0321. The van der Waals surface area contributed by atoms with Crippen LogP contribution in [0.5, 0.6) is 0 Å². The molecule has 1 unspecified atom stereocenters. The molecule has 0 aromatic carbocycles. The van der Waals surface area contributed by atoms with Gasteiger partial charge in [0.1, 0.15) is 48.3 Å². The first-order valence-corrected chi connectivity index (χ1v) is 25.8. The highest BCUT2D eigenvalue weighted by molar-refractivity contribution is 5.98. The van der Waals surface area contributed by atoms with Crippen molar-refractivity contribution in [2.75, 3.05) is 26.2 Å². The molecule has 416 valence electrons. The van der Waals surface area contributed by atoms with Gasteiger partial charge in [-0.2, -0.15) is 0 Å². The topological polar surface area (TPSA) is 431 Å². The smallest absolute Gasteiger partial charge is 0.326 e. The van der Waals surface area contributed by atoms with E-state index in [0.717, 1.165) is 0 Å². The van der Waals surface area contributed by atoms with Gasteiger partial charge in [-0.25, -0.2) is 14.8 Å². The zero-order chi connectivity index (χ0) is 55.2. The number of H-pyrrole nitrogens is 2. The molecule has 2 saturated heterocycles. The lowest BCUT2D eigenvalue weighted by Crippen LogP contribution is -2.61. The standard InChI is InChI=1S/C48H78N16O11/c1-4-27(2)39(45(71)58-32(12-6-8-18-50)40(66)60-34(21-29-23-53-25-55-29)42(68)59-33(48(74)75)15-16-38(52)65)62-44(70)37-14-10-20-64(37)47(73)35(22-30-24-54-26-56-30)61-41(67)31(11-5-7-17-49)57-43(69)36-13-9-19-63(36)46(72)28(3)51/h23-28,31-37,39H,4-22,49-51H2,1-3H3,(H2,52,65)(H,53,55)(H,54,56)(H,57,69)(H,58,71)(H,59,68)(H,60,66)(H,61,67)(H,62,70)(H,74,75)/t27-,28?,31-,32-,33-,34-,35-,36-,37-,39-/m0/s1. The summed E-state index contributed by atoms with van der Waals surface area (Å²) in [5.74, 6) is -8.01. The molecule has 2 aromatic rings. The van der Waals surface area contributed by atoms with Crippen LogP contribution < -0.4 is 54.8 Å². The third-order valence-electron chi connectivity index (χ3n) is 13.5. The van der Waals surface area contributed by atoms with Crippen molar-refractivity contribution in [3.05, 3.63) is 36.4 Å². The van der Waals surface area contributed by atoms with E-state index in [9.17, 15) is 53.1 Å². The second-order valence-corrected chi connectivity index (χ2v) is 19.3. The van der Waals surface area contributed by atoms with Crippen LogP contribution in [0.25, 0.3) is 0 Å². The number of hydrogen-bond donors (Lipinski definition) is 13. The number of amides is 9. The fourth-order valence-electron chi connectivity index (χ4n) is 9.07. The van der Waals surface area contributed by atoms with Gasteiger partial charge in [-0.1, -0.05) is 20.3 Å². The lowest BCUT2D eigenvalue weighted by molar-refractivity contribution is -0.143. The molecule has 27 nitrogen and oxygen atoms in total. The summed E-state index contributed by atoms with van der Waals surface area (Å²) in [4.78, 5) is 152. The lowest BCUT2D eigenvalue weighted by atomic mass is 9.96. The Morgan fingerprint density at radius 2 is 1.11 bits per heavy atom. The van der Waals surface area contributed by atoms with E-state index in [2.05, 4.69) is 51.8 Å². The van der Waals surface area contributed by atoms with Crippen LogP contribution in [0, 0.1) is 5.92 Å². The fraction of sp³-hybridized carbons (Fsp3) is 0.667. The number of unbranched alkanes of at least 4 members (excludes halogenated alkanes) is 2. The Balaban J connectivity index is 1.54. The molecule has 9 amide bonds. The number of nitrogens with one attached hydrogen (secondary N) is 8. The molecular formula is C48H78N16O11. The predicted octanol–water partition coefficient (Wildman–Crippen LogP) is -3.19. The number of primary amides is 1. The largest absolute Gasteiger partial charge is 0.480 e. The molecule has 4 heterocycles. The van der Waals surface area contributed by atoms with E-state index in [1.165, 1.54) is 41.8 Å². The molecule has 0 spiro atoms. The molecule has 2 aliphatic heterocycles. The minimum atomic E-state index is -1.52. The van der Waals surface area contributed by atoms with Crippen molar-refractivity contribution in [1.82, 2.24) is 61.6 Å². The van der Waals surface area contributed by atoms with E-state index in [1.807, 2.05) is 0 Å². The molecule has 2 fully saturated rings. The van der Waals surface area contributed by atoms with Gasteiger partial charge in [0.15, 0.2) is 0 Å². The lowest BCUT2D eigenvalue weighted by Gasteiger charge is -2.32. The highest BCUT2D eigenvalue weighted by atomic mass is 16.4. The molecule has 10 atom stereocenters. The number of rotatable bonds is 32. The van der Waals surface area contributed by atoms with Gasteiger partial charge >= 0.3 is 5.97 Å². The van der Waals surface area contributed by atoms with E-state index < -0.39 is 119 Å². The Bertz CT molecular complexity index is 2230. The van der Waals surface area contributed by atoms with Gasteiger partial charge in [-0.15, -0.1) is 0 Å². The van der Waals surface area contributed by atoms with Gasteiger partial charge in [0.2, 0.25) is 53.2 Å². The van der Waals surface area contributed by atoms with Gasteiger partial charge in [-0.05, 0) is 96.6 Å². The second kappa shape index (κ2) is 30.4. The Morgan fingerprint density at radius 1 is 0.640 bits per heavy atom. The van der Waals surface area contributed by atoms with Crippen molar-refractivity contribution < 1.29 is 53.1 Å². The van der Waals surface area contributed by atoms with Crippen molar-refractivity contribution in [3.8, 4) is 0 Å². The number of aromatic amines is 2. The number of likely N-dealkylation sites (tertiary alicyclic amines) is 2. The molecule has 4 rings (SSSR count). The Morgan fingerprint density at radius 3 is 1.59 bits per heavy atom. The van der Waals surface area contributed by atoms with Crippen molar-refractivity contribution in [3.63, 3.8) is 0 Å². The highest BCUT2D eigenvalue weighted by Gasteiger charge is 2.42. The van der Waals surface area contributed by atoms with Crippen molar-refractivity contribution >= 4 is 59.1 Å². The summed E-state index contributed by atoms with van der Waals surface area (Å²) in [6.45, 7) is 6.13. The van der Waals surface area contributed by atoms with E-state index in [-0.39, 0.29) is 58.0 Å². The number of aromatic nitrogens is 4. The van der Waals surface area contributed by atoms with Crippen LogP contribution >= 0.6 is 0 Å². The second-order valence-electron chi connectivity index (χ2n) is 19.3. The van der Waals surface area contributed by atoms with Crippen LogP contribution in [0.3, 0.4) is 0 Å². The first kappa shape index (κ1) is 60.6. The van der Waals surface area contributed by atoms with Gasteiger partial charge in [-0.3, -0.25) is 43.2 Å².